The quantitative estimate of drug-likeness (QED) is 0.793. The van der Waals surface area contributed by atoms with Gasteiger partial charge < -0.3 is 14.8 Å². The third kappa shape index (κ3) is 1.78. The lowest BCUT2D eigenvalue weighted by molar-refractivity contribution is 0.389. The Morgan fingerprint density at radius 2 is 2.29 bits per heavy atom. The van der Waals surface area contributed by atoms with Crippen LogP contribution in [-0.2, 0) is 0 Å². The van der Waals surface area contributed by atoms with Crippen LogP contribution in [0, 0.1) is 6.92 Å². The van der Waals surface area contributed by atoms with Crippen molar-refractivity contribution < 1.29 is 9.52 Å². The zero-order valence-electron chi connectivity index (χ0n) is 9.86. The van der Waals surface area contributed by atoms with Crippen LogP contribution in [0.4, 0.5) is 0 Å². The molecule has 1 aromatic carbocycles. The molecule has 1 saturated heterocycles. The fourth-order valence-electron chi connectivity index (χ4n) is 2.50. The predicted molar refractivity (Wildman–Crippen MR) is 65.0 cm³/mol. The number of hydrogen-bond acceptors (Lipinski definition) is 4. The van der Waals surface area contributed by atoms with Crippen LogP contribution >= 0.6 is 0 Å². The van der Waals surface area contributed by atoms with E-state index in [-0.39, 0.29) is 11.8 Å². The summed E-state index contributed by atoms with van der Waals surface area (Å²) < 4.78 is 5.44. The fourth-order valence-corrected chi connectivity index (χ4v) is 2.50. The Morgan fingerprint density at radius 1 is 1.41 bits per heavy atom. The van der Waals surface area contributed by atoms with Crippen molar-refractivity contribution in [3.63, 3.8) is 0 Å². The number of aryl methyl sites for hydroxylation is 1. The van der Waals surface area contributed by atoms with E-state index in [2.05, 4.69) is 10.3 Å². The van der Waals surface area contributed by atoms with E-state index in [0.717, 1.165) is 24.0 Å². The average molecular weight is 232 g/mol. The molecule has 0 radical (unpaired) electrons. The van der Waals surface area contributed by atoms with Gasteiger partial charge in [0, 0.05) is 18.5 Å². The number of oxazole rings is 1. The van der Waals surface area contributed by atoms with Crippen LogP contribution in [0.5, 0.6) is 5.75 Å². The van der Waals surface area contributed by atoms with Crippen LogP contribution in [0.1, 0.15) is 36.8 Å². The number of nitrogens with one attached hydrogen (secondary N) is 1. The van der Waals surface area contributed by atoms with Crippen molar-refractivity contribution >= 4 is 11.1 Å². The van der Waals surface area contributed by atoms with Gasteiger partial charge in [-0.15, -0.1) is 0 Å². The van der Waals surface area contributed by atoms with Gasteiger partial charge >= 0.3 is 0 Å². The number of aromatic hydroxyl groups is 1. The third-order valence-corrected chi connectivity index (χ3v) is 3.36. The topological polar surface area (TPSA) is 58.3 Å². The van der Waals surface area contributed by atoms with E-state index in [1.165, 1.54) is 12.8 Å². The van der Waals surface area contributed by atoms with Crippen molar-refractivity contribution in [3.8, 4) is 5.75 Å². The van der Waals surface area contributed by atoms with Crippen molar-refractivity contribution in [2.24, 2.45) is 0 Å². The van der Waals surface area contributed by atoms with E-state index in [4.69, 9.17) is 4.42 Å². The largest absolute Gasteiger partial charge is 0.504 e. The molecule has 3 rings (SSSR count). The Kier molecular flexibility index (Phi) is 2.52. The summed E-state index contributed by atoms with van der Waals surface area (Å²) in [6, 6.07) is 4.10. The SMILES string of the molecule is Cc1nc2ccc(C3CCCCN3)c(O)c2o1. The van der Waals surface area contributed by atoms with E-state index < -0.39 is 0 Å². The molecule has 1 aromatic heterocycles. The number of hydrogen-bond donors (Lipinski definition) is 2. The second kappa shape index (κ2) is 4.04. The molecule has 1 aliphatic rings. The highest BCUT2D eigenvalue weighted by Gasteiger charge is 2.21. The molecule has 2 aromatic rings. The highest BCUT2D eigenvalue weighted by Crippen LogP contribution is 2.35. The molecule has 1 fully saturated rings. The molecular weight excluding hydrogens is 216 g/mol. The Hall–Kier alpha value is -1.55. The lowest BCUT2D eigenvalue weighted by Crippen LogP contribution is -2.26. The average Bonchev–Trinajstić information content (AvgIpc) is 2.72. The molecule has 17 heavy (non-hydrogen) atoms. The van der Waals surface area contributed by atoms with Gasteiger partial charge in [0.05, 0.1) is 0 Å². The first kappa shape index (κ1) is 10.6. The molecule has 1 unspecified atom stereocenters. The predicted octanol–water partition coefficient (Wildman–Crippen LogP) is 2.66. The van der Waals surface area contributed by atoms with E-state index >= 15 is 0 Å². The summed E-state index contributed by atoms with van der Waals surface area (Å²) in [4.78, 5) is 4.21. The maximum atomic E-state index is 10.2. The molecule has 90 valence electrons. The van der Waals surface area contributed by atoms with Crippen molar-refractivity contribution in [2.75, 3.05) is 6.54 Å². The van der Waals surface area contributed by atoms with Crippen LogP contribution in [0.3, 0.4) is 0 Å². The summed E-state index contributed by atoms with van der Waals surface area (Å²) in [5.74, 6) is 0.826. The van der Waals surface area contributed by atoms with Gasteiger partial charge in [-0.3, -0.25) is 0 Å². The van der Waals surface area contributed by atoms with Crippen LogP contribution in [0.2, 0.25) is 0 Å². The minimum atomic E-state index is 0.235. The van der Waals surface area contributed by atoms with Crippen LogP contribution in [0.15, 0.2) is 16.5 Å². The van der Waals surface area contributed by atoms with Gasteiger partial charge in [0.2, 0.25) is 0 Å². The molecule has 1 aliphatic heterocycles. The number of aromatic nitrogens is 1. The lowest BCUT2D eigenvalue weighted by Gasteiger charge is -2.24. The van der Waals surface area contributed by atoms with Crippen LogP contribution in [0.25, 0.3) is 11.1 Å². The van der Waals surface area contributed by atoms with Gasteiger partial charge in [0.15, 0.2) is 17.2 Å². The Morgan fingerprint density at radius 3 is 3.06 bits per heavy atom. The smallest absolute Gasteiger partial charge is 0.196 e. The van der Waals surface area contributed by atoms with Crippen LogP contribution in [-0.4, -0.2) is 16.6 Å². The van der Waals surface area contributed by atoms with Gasteiger partial charge in [-0.1, -0.05) is 12.5 Å². The molecule has 0 amide bonds. The van der Waals surface area contributed by atoms with E-state index in [0.29, 0.717) is 11.5 Å². The van der Waals surface area contributed by atoms with E-state index in [9.17, 15) is 5.11 Å². The van der Waals surface area contributed by atoms with Gasteiger partial charge in [-0.25, -0.2) is 4.98 Å². The number of rotatable bonds is 1. The molecular formula is C13H16N2O2. The normalized spacial score (nSPS) is 20.9. The summed E-state index contributed by atoms with van der Waals surface area (Å²) >= 11 is 0. The first-order valence-electron chi connectivity index (χ1n) is 6.08. The first-order chi connectivity index (χ1) is 8.25. The number of benzene rings is 1. The second-order valence-electron chi connectivity index (χ2n) is 4.59. The van der Waals surface area contributed by atoms with Gasteiger partial charge in [-0.05, 0) is 25.5 Å². The molecule has 4 heteroatoms. The number of phenols is 1. The van der Waals surface area contributed by atoms with Gasteiger partial charge in [0.25, 0.3) is 0 Å². The van der Waals surface area contributed by atoms with E-state index in [1.54, 1.807) is 6.92 Å². The molecule has 2 N–H and O–H groups in total. The maximum Gasteiger partial charge on any atom is 0.196 e. The summed E-state index contributed by atoms with van der Waals surface area (Å²) in [6.45, 7) is 2.80. The second-order valence-corrected chi connectivity index (χ2v) is 4.59. The number of phenolic OH excluding ortho intramolecular Hbond substituents is 1. The molecule has 1 atom stereocenters. The standard InChI is InChI=1S/C13H16N2O2/c1-8-15-11-6-5-9(12(16)13(11)17-8)10-4-2-3-7-14-10/h5-6,10,14,16H,2-4,7H2,1H3. The third-order valence-electron chi connectivity index (χ3n) is 3.36. The Balaban J connectivity index is 2.06. The zero-order valence-corrected chi connectivity index (χ0v) is 9.86. The number of piperidine rings is 1. The minimum absolute atomic E-state index is 0.235. The minimum Gasteiger partial charge on any atom is -0.504 e. The Labute approximate surface area is 99.7 Å². The van der Waals surface area contributed by atoms with Crippen LogP contribution < -0.4 is 5.32 Å². The van der Waals surface area contributed by atoms with E-state index in [1.807, 2.05) is 12.1 Å². The zero-order chi connectivity index (χ0) is 11.8. The number of fused-ring (bicyclic) bond motifs is 1. The van der Waals surface area contributed by atoms with Crippen molar-refractivity contribution in [3.05, 3.63) is 23.6 Å². The maximum absolute atomic E-state index is 10.2. The molecule has 0 aliphatic carbocycles. The van der Waals surface area contributed by atoms with Crippen molar-refractivity contribution in [1.29, 1.82) is 0 Å². The highest BCUT2D eigenvalue weighted by molar-refractivity contribution is 5.81. The van der Waals surface area contributed by atoms with Crippen molar-refractivity contribution in [1.82, 2.24) is 10.3 Å². The summed E-state index contributed by atoms with van der Waals surface area (Å²) in [7, 11) is 0. The first-order valence-corrected chi connectivity index (χ1v) is 6.08. The Bertz CT molecular complexity index is 542. The molecule has 0 spiro atoms. The van der Waals surface area contributed by atoms with Gasteiger partial charge in [-0.2, -0.15) is 0 Å². The number of nitrogens with zero attached hydrogens (tertiary/aromatic N) is 1. The highest BCUT2D eigenvalue weighted by atomic mass is 16.4. The van der Waals surface area contributed by atoms with Crippen molar-refractivity contribution in [2.45, 2.75) is 32.2 Å². The summed E-state index contributed by atoms with van der Waals surface area (Å²) in [6.07, 6.45) is 3.47. The summed E-state index contributed by atoms with van der Waals surface area (Å²) in [5, 5.41) is 13.7. The fraction of sp³-hybridized carbons (Fsp3) is 0.462. The molecule has 2 heterocycles. The molecule has 0 bridgehead atoms. The molecule has 4 nitrogen and oxygen atoms in total. The van der Waals surface area contributed by atoms with Gasteiger partial charge in [0.1, 0.15) is 5.52 Å². The molecule has 0 saturated carbocycles. The lowest BCUT2D eigenvalue weighted by atomic mass is 9.96. The summed E-state index contributed by atoms with van der Waals surface area (Å²) in [5.41, 5.74) is 2.15. The monoisotopic (exact) mass is 232 g/mol.